The monoisotopic (exact) mass is 783 g/mol. The number of rotatable bonds is 41. The second-order valence-electron chi connectivity index (χ2n) is 15.3. The van der Waals surface area contributed by atoms with Crippen LogP contribution in [0.25, 0.3) is 0 Å². The van der Waals surface area contributed by atoms with Gasteiger partial charge in [0, 0.05) is 19.3 Å². The highest BCUT2D eigenvalue weighted by atomic mass is 16.6. The average molecular weight is 783 g/mol. The van der Waals surface area contributed by atoms with Crippen molar-refractivity contribution in [2.45, 2.75) is 226 Å². The molecule has 322 valence electrons. The zero-order chi connectivity index (χ0) is 40.8. The molecule has 0 radical (unpaired) electrons. The zero-order valence-electron chi connectivity index (χ0n) is 36.6. The first-order chi connectivity index (χ1) is 27.5. The summed E-state index contributed by atoms with van der Waals surface area (Å²) in [5, 5.41) is 0. The van der Waals surface area contributed by atoms with Crippen molar-refractivity contribution in [3.63, 3.8) is 0 Å². The summed E-state index contributed by atoms with van der Waals surface area (Å²) in [6.45, 7) is 6.41. The van der Waals surface area contributed by atoms with Gasteiger partial charge in [0.05, 0.1) is 0 Å². The molecule has 0 aromatic rings. The molecule has 1 atom stereocenters. The van der Waals surface area contributed by atoms with Gasteiger partial charge in [-0.05, 0) is 96.3 Å². The summed E-state index contributed by atoms with van der Waals surface area (Å²) in [7, 11) is 0. The lowest BCUT2D eigenvalue weighted by Crippen LogP contribution is -2.30. The normalized spacial score (nSPS) is 12.6. The van der Waals surface area contributed by atoms with Gasteiger partial charge in [-0.1, -0.05) is 165 Å². The molecule has 6 nitrogen and oxygen atoms in total. The van der Waals surface area contributed by atoms with Crippen LogP contribution in [0.5, 0.6) is 0 Å². The fourth-order valence-electron chi connectivity index (χ4n) is 6.22. The number of hydrogen-bond donors (Lipinski definition) is 0. The van der Waals surface area contributed by atoms with Gasteiger partial charge in [-0.25, -0.2) is 0 Å². The number of carbonyl (C=O) groups is 3. The Morgan fingerprint density at radius 1 is 0.375 bits per heavy atom. The predicted octanol–water partition coefficient (Wildman–Crippen LogP) is 14.9. The van der Waals surface area contributed by atoms with Crippen LogP contribution in [0.3, 0.4) is 0 Å². The Kier molecular flexibility index (Phi) is 42.5. The predicted molar refractivity (Wildman–Crippen MR) is 238 cm³/mol. The van der Waals surface area contributed by atoms with E-state index in [1.807, 2.05) is 0 Å². The van der Waals surface area contributed by atoms with Crippen LogP contribution in [-0.4, -0.2) is 37.2 Å². The maximum absolute atomic E-state index is 12.7. The standard InChI is InChI=1S/C50H86O6/c1-4-7-10-13-16-19-21-23-24-25-26-27-29-31-34-37-40-43-49(52)55-46-47(45-54-48(51)42-39-36-33-30-18-15-12-9-6-3)56-50(53)44-41-38-35-32-28-22-20-17-14-11-8-5-2/h8,11,16-17,19-20,23-24,30,33,47H,4-7,9-10,12-15,18,21-22,25-29,31-32,34-46H2,1-3H3/b11-8-,19-16-,20-17-,24-23-,33-30-. The lowest BCUT2D eigenvalue weighted by molar-refractivity contribution is -0.167. The van der Waals surface area contributed by atoms with Crippen LogP contribution in [0.2, 0.25) is 0 Å². The third kappa shape index (κ3) is 42.3. The maximum Gasteiger partial charge on any atom is 0.306 e. The summed E-state index contributed by atoms with van der Waals surface area (Å²) in [4.78, 5) is 37.7. The number of unbranched alkanes of at least 4 members (excludes halogenated alkanes) is 20. The Labute approximate surface area is 345 Å². The van der Waals surface area contributed by atoms with Gasteiger partial charge in [-0.2, -0.15) is 0 Å². The number of ether oxygens (including phenoxy) is 3. The molecular formula is C50H86O6. The van der Waals surface area contributed by atoms with E-state index < -0.39 is 6.10 Å². The van der Waals surface area contributed by atoms with Gasteiger partial charge < -0.3 is 14.2 Å². The molecule has 56 heavy (non-hydrogen) atoms. The van der Waals surface area contributed by atoms with E-state index in [4.69, 9.17) is 14.2 Å². The van der Waals surface area contributed by atoms with Crippen molar-refractivity contribution in [2.75, 3.05) is 13.2 Å². The molecule has 0 aliphatic heterocycles. The molecule has 0 aromatic carbocycles. The van der Waals surface area contributed by atoms with Crippen LogP contribution in [0.4, 0.5) is 0 Å². The average Bonchev–Trinajstić information content (AvgIpc) is 3.19. The van der Waals surface area contributed by atoms with E-state index in [-0.39, 0.29) is 31.1 Å². The van der Waals surface area contributed by atoms with Crippen LogP contribution in [0.1, 0.15) is 220 Å². The van der Waals surface area contributed by atoms with Crippen molar-refractivity contribution in [2.24, 2.45) is 0 Å². The molecule has 0 spiro atoms. The van der Waals surface area contributed by atoms with Crippen molar-refractivity contribution in [3.8, 4) is 0 Å². The molecule has 0 bridgehead atoms. The van der Waals surface area contributed by atoms with E-state index >= 15 is 0 Å². The van der Waals surface area contributed by atoms with E-state index in [0.717, 1.165) is 96.3 Å². The smallest absolute Gasteiger partial charge is 0.306 e. The second kappa shape index (κ2) is 44.8. The molecule has 1 unspecified atom stereocenters. The van der Waals surface area contributed by atoms with Crippen molar-refractivity contribution in [1.29, 1.82) is 0 Å². The number of esters is 3. The van der Waals surface area contributed by atoms with Crippen molar-refractivity contribution in [1.82, 2.24) is 0 Å². The molecule has 0 aliphatic carbocycles. The molecule has 0 saturated carbocycles. The van der Waals surface area contributed by atoms with E-state index in [1.54, 1.807) is 0 Å². The molecule has 0 aliphatic rings. The summed E-state index contributed by atoms with van der Waals surface area (Å²) in [5.41, 5.74) is 0. The summed E-state index contributed by atoms with van der Waals surface area (Å²) in [6.07, 6.45) is 53.6. The number of hydrogen-bond acceptors (Lipinski definition) is 6. The molecule has 0 fully saturated rings. The van der Waals surface area contributed by atoms with E-state index in [0.29, 0.717) is 25.7 Å². The van der Waals surface area contributed by atoms with Crippen molar-refractivity contribution >= 4 is 17.9 Å². The number of allylic oxidation sites excluding steroid dienone is 10. The third-order valence-corrected chi connectivity index (χ3v) is 9.73. The fraction of sp³-hybridized carbons (Fsp3) is 0.740. The third-order valence-electron chi connectivity index (χ3n) is 9.73. The minimum absolute atomic E-state index is 0.0932. The topological polar surface area (TPSA) is 78.9 Å². The van der Waals surface area contributed by atoms with Gasteiger partial charge in [0.15, 0.2) is 6.10 Å². The molecule has 0 aromatic heterocycles. The highest BCUT2D eigenvalue weighted by Gasteiger charge is 2.19. The largest absolute Gasteiger partial charge is 0.462 e. The summed E-state index contributed by atoms with van der Waals surface area (Å²) >= 11 is 0. The SMILES string of the molecule is CC/C=C\C/C=C\CCCCCCCC(=O)OC(COC(=O)CCC/C=C\CCCCCC)COC(=O)CCCCCCCCC/C=C\C/C=C\CCCCC. The first-order valence-corrected chi connectivity index (χ1v) is 23.3. The zero-order valence-corrected chi connectivity index (χ0v) is 36.6. The first kappa shape index (κ1) is 53.1. The molecule has 0 saturated heterocycles. The van der Waals surface area contributed by atoms with E-state index in [2.05, 4.69) is 81.5 Å². The molecule has 0 heterocycles. The molecule has 6 heteroatoms. The van der Waals surface area contributed by atoms with E-state index in [9.17, 15) is 14.4 Å². The van der Waals surface area contributed by atoms with Crippen LogP contribution in [0, 0.1) is 0 Å². The van der Waals surface area contributed by atoms with Crippen molar-refractivity contribution in [3.05, 3.63) is 60.8 Å². The Hall–Kier alpha value is -2.89. The van der Waals surface area contributed by atoms with Crippen LogP contribution in [0.15, 0.2) is 60.8 Å². The van der Waals surface area contributed by atoms with Gasteiger partial charge in [-0.3, -0.25) is 14.4 Å². The van der Waals surface area contributed by atoms with Crippen LogP contribution < -0.4 is 0 Å². The molecule has 0 amide bonds. The lowest BCUT2D eigenvalue weighted by atomic mass is 10.1. The van der Waals surface area contributed by atoms with Crippen molar-refractivity contribution < 1.29 is 28.6 Å². The van der Waals surface area contributed by atoms with Gasteiger partial charge in [0.2, 0.25) is 0 Å². The molecular weight excluding hydrogens is 697 g/mol. The quantitative estimate of drug-likeness (QED) is 0.0266. The van der Waals surface area contributed by atoms with Gasteiger partial charge in [0.1, 0.15) is 13.2 Å². The lowest BCUT2D eigenvalue weighted by Gasteiger charge is -2.18. The fourth-order valence-corrected chi connectivity index (χ4v) is 6.22. The minimum atomic E-state index is -0.792. The van der Waals surface area contributed by atoms with Crippen LogP contribution >= 0.6 is 0 Å². The molecule has 0 rings (SSSR count). The van der Waals surface area contributed by atoms with Gasteiger partial charge in [-0.15, -0.1) is 0 Å². The van der Waals surface area contributed by atoms with Gasteiger partial charge >= 0.3 is 17.9 Å². The Balaban J connectivity index is 4.37. The first-order valence-electron chi connectivity index (χ1n) is 23.3. The Morgan fingerprint density at radius 2 is 0.714 bits per heavy atom. The van der Waals surface area contributed by atoms with E-state index in [1.165, 1.54) is 77.0 Å². The Morgan fingerprint density at radius 3 is 1.20 bits per heavy atom. The molecule has 0 N–H and O–H groups in total. The van der Waals surface area contributed by atoms with Gasteiger partial charge in [0.25, 0.3) is 0 Å². The van der Waals surface area contributed by atoms with Crippen LogP contribution in [-0.2, 0) is 28.6 Å². The maximum atomic E-state index is 12.7. The number of carbonyl (C=O) groups excluding carboxylic acids is 3. The Bertz CT molecular complexity index is 1040. The minimum Gasteiger partial charge on any atom is -0.462 e. The second-order valence-corrected chi connectivity index (χ2v) is 15.3. The summed E-state index contributed by atoms with van der Waals surface area (Å²) in [5.74, 6) is -0.956. The highest BCUT2D eigenvalue weighted by Crippen LogP contribution is 2.13. The summed E-state index contributed by atoms with van der Waals surface area (Å²) in [6, 6.07) is 0. The summed E-state index contributed by atoms with van der Waals surface area (Å²) < 4.78 is 16.6. The highest BCUT2D eigenvalue weighted by molar-refractivity contribution is 5.71.